The fraction of sp³-hybridized carbons (Fsp3) is 0.647. The van der Waals surface area contributed by atoms with Gasteiger partial charge in [0.15, 0.2) is 0 Å². The molecule has 3 atom stereocenters. The summed E-state index contributed by atoms with van der Waals surface area (Å²) in [6.07, 6.45) is 5.31. The zero-order valence-electron chi connectivity index (χ0n) is 12.1. The molecule has 0 aromatic heterocycles. The second kappa shape index (κ2) is 6.95. The van der Waals surface area contributed by atoms with Crippen LogP contribution in [0.5, 0.6) is 5.75 Å². The molecular formula is C17H26O2. The van der Waals surface area contributed by atoms with Crippen molar-refractivity contribution in [3.8, 4) is 5.75 Å². The predicted octanol–water partition coefficient (Wildman–Crippen LogP) is 4.13. The highest BCUT2D eigenvalue weighted by Crippen LogP contribution is 2.28. The Morgan fingerprint density at radius 2 is 2.00 bits per heavy atom. The first-order chi connectivity index (χ1) is 9.20. The Labute approximate surface area is 116 Å². The SMILES string of the molecule is CCC(C)c1ccc(OCCC2CCCC2O)cc1. The van der Waals surface area contributed by atoms with Gasteiger partial charge in [-0.3, -0.25) is 0 Å². The number of aliphatic hydroxyl groups is 1. The van der Waals surface area contributed by atoms with Crippen LogP contribution in [0.25, 0.3) is 0 Å². The first-order valence-electron chi connectivity index (χ1n) is 7.61. The molecule has 0 amide bonds. The normalized spacial score (nSPS) is 24.4. The molecule has 19 heavy (non-hydrogen) atoms. The van der Waals surface area contributed by atoms with Crippen LogP contribution < -0.4 is 4.74 Å². The minimum absolute atomic E-state index is 0.101. The smallest absolute Gasteiger partial charge is 0.119 e. The van der Waals surface area contributed by atoms with E-state index in [4.69, 9.17) is 4.74 Å². The fourth-order valence-electron chi connectivity index (χ4n) is 2.81. The minimum Gasteiger partial charge on any atom is -0.494 e. The summed E-state index contributed by atoms with van der Waals surface area (Å²) >= 11 is 0. The molecule has 0 saturated heterocycles. The van der Waals surface area contributed by atoms with Crippen LogP contribution in [0.2, 0.25) is 0 Å². The second-order valence-electron chi connectivity index (χ2n) is 5.77. The molecule has 2 rings (SSSR count). The van der Waals surface area contributed by atoms with Crippen molar-refractivity contribution in [3.05, 3.63) is 29.8 Å². The van der Waals surface area contributed by atoms with E-state index in [0.717, 1.165) is 31.4 Å². The number of hydrogen-bond acceptors (Lipinski definition) is 2. The summed E-state index contributed by atoms with van der Waals surface area (Å²) in [5.41, 5.74) is 1.38. The topological polar surface area (TPSA) is 29.5 Å². The zero-order chi connectivity index (χ0) is 13.7. The van der Waals surface area contributed by atoms with E-state index >= 15 is 0 Å². The molecule has 1 aromatic rings. The summed E-state index contributed by atoms with van der Waals surface area (Å²) < 4.78 is 5.77. The van der Waals surface area contributed by atoms with Crippen LogP contribution in [0.15, 0.2) is 24.3 Å². The maximum absolute atomic E-state index is 9.76. The molecule has 2 nitrogen and oxygen atoms in total. The van der Waals surface area contributed by atoms with Gasteiger partial charge in [-0.25, -0.2) is 0 Å². The van der Waals surface area contributed by atoms with E-state index < -0.39 is 0 Å². The summed E-state index contributed by atoms with van der Waals surface area (Å²) in [4.78, 5) is 0. The lowest BCUT2D eigenvalue weighted by atomic mass is 9.99. The average Bonchev–Trinajstić information content (AvgIpc) is 2.84. The third-order valence-electron chi connectivity index (χ3n) is 4.44. The van der Waals surface area contributed by atoms with Gasteiger partial charge in [-0.15, -0.1) is 0 Å². The Morgan fingerprint density at radius 3 is 2.58 bits per heavy atom. The van der Waals surface area contributed by atoms with Gasteiger partial charge in [-0.05, 0) is 55.2 Å². The quantitative estimate of drug-likeness (QED) is 0.835. The van der Waals surface area contributed by atoms with Crippen LogP contribution >= 0.6 is 0 Å². The third kappa shape index (κ3) is 3.97. The summed E-state index contributed by atoms with van der Waals surface area (Å²) in [5.74, 6) is 2.00. The van der Waals surface area contributed by atoms with E-state index in [1.165, 1.54) is 12.0 Å². The average molecular weight is 262 g/mol. The molecule has 1 aliphatic rings. The molecule has 1 aliphatic carbocycles. The van der Waals surface area contributed by atoms with E-state index in [1.807, 2.05) is 0 Å². The monoisotopic (exact) mass is 262 g/mol. The van der Waals surface area contributed by atoms with Crippen molar-refractivity contribution in [1.29, 1.82) is 0 Å². The number of aliphatic hydroxyl groups excluding tert-OH is 1. The van der Waals surface area contributed by atoms with Crippen molar-refractivity contribution in [2.75, 3.05) is 6.61 Å². The Hall–Kier alpha value is -1.02. The lowest BCUT2D eigenvalue weighted by molar-refractivity contribution is 0.117. The lowest BCUT2D eigenvalue weighted by Crippen LogP contribution is -2.16. The van der Waals surface area contributed by atoms with Gasteiger partial charge in [0.25, 0.3) is 0 Å². The van der Waals surface area contributed by atoms with Gasteiger partial charge in [0.1, 0.15) is 5.75 Å². The number of hydrogen-bond donors (Lipinski definition) is 1. The summed E-state index contributed by atoms with van der Waals surface area (Å²) in [5, 5.41) is 9.76. The second-order valence-corrected chi connectivity index (χ2v) is 5.77. The van der Waals surface area contributed by atoms with Gasteiger partial charge in [-0.2, -0.15) is 0 Å². The molecule has 0 radical (unpaired) electrons. The van der Waals surface area contributed by atoms with Crippen LogP contribution in [-0.2, 0) is 0 Å². The van der Waals surface area contributed by atoms with E-state index in [2.05, 4.69) is 38.1 Å². The predicted molar refractivity (Wildman–Crippen MR) is 78.6 cm³/mol. The minimum atomic E-state index is -0.101. The maximum Gasteiger partial charge on any atom is 0.119 e. The Balaban J connectivity index is 1.77. The Bertz CT molecular complexity index is 371. The van der Waals surface area contributed by atoms with Gasteiger partial charge in [0, 0.05) is 0 Å². The van der Waals surface area contributed by atoms with E-state index in [1.54, 1.807) is 0 Å². The van der Waals surface area contributed by atoms with E-state index in [0.29, 0.717) is 18.4 Å². The van der Waals surface area contributed by atoms with Crippen LogP contribution in [0.1, 0.15) is 57.4 Å². The Kier molecular flexibility index (Phi) is 5.26. The molecule has 1 saturated carbocycles. The van der Waals surface area contributed by atoms with Crippen LogP contribution in [0, 0.1) is 5.92 Å². The molecule has 1 aromatic carbocycles. The highest BCUT2D eigenvalue weighted by molar-refractivity contribution is 5.29. The Morgan fingerprint density at radius 1 is 1.26 bits per heavy atom. The zero-order valence-corrected chi connectivity index (χ0v) is 12.1. The molecule has 0 bridgehead atoms. The summed E-state index contributed by atoms with van der Waals surface area (Å²) in [6, 6.07) is 8.45. The molecule has 0 aliphatic heterocycles. The molecule has 106 valence electrons. The molecule has 3 unspecified atom stereocenters. The molecular weight excluding hydrogens is 236 g/mol. The molecule has 1 fully saturated rings. The van der Waals surface area contributed by atoms with Gasteiger partial charge in [-0.1, -0.05) is 32.4 Å². The van der Waals surface area contributed by atoms with Crippen LogP contribution in [-0.4, -0.2) is 17.8 Å². The molecule has 1 N–H and O–H groups in total. The highest BCUT2D eigenvalue weighted by Gasteiger charge is 2.24. The van der Waals surface area contributed by atoms with Crippen LogP contribution in [0.3, 0.4) is 0 Å². The van der Waals surface area contributed by atoms with Crippen molar-refractivity contribution >= 4 is 0 Å². The summed E-state index contributed by atoms with van der Waals surface area (Å²) in [6.45, 7) is 5.17. The van der Waals surface area contributed by atoms with E-state index in [-0.39, 0.29) is 6.10 Å². The van der Waals surface area contributed by atoms with Gasteiger partial charge < -0.3 is 9.84 Å². The third-order valence-corrected chi connectivity index (χ3v) is 4.44. The number of ether oxygens (including phenoxy) is 1. The lowest BCUT2D eigenvalue weighted by Gasteiger charge is -2.15. The van der Waals surface area contributed by atoms with Crippen molar-refractivity contribution in [1.82, 2.24) is 0 Å². The highest BCUT2D eigenvalue weighted by atomic mass is 16.5. The first kappa shape index (κ1) is 14.4. The van der Waals surface area contributed by atoms with Gasteiger partial charge in [0.05, 0.1) is 12.7 Å². The van der Waals surface area contributed by atoms with E-state index in [9.17, 15) is 5.11 Å². The van der Waals surface area contributed by atoms with Gasteiger partial charge in [0.2, 0.25) is 0 Å². The number of rotatable bonds is 6. The van der Waals surface area contributed by atoms with Crippen molar-refractivity contribution in [2.45, 2.75) is 58.0 Å². The largest absolute Gasteiger partial charge is 0.494 e. The van der Waals surface area contributed by atoms with Crippen LogP contribution in [0.4, 0.5) is 0 Å². The molecule has 0 spiro atoms. The maximum atomic E-state index is 9.76. The molecule has 2 heteroatoms. The van der Waals surface area contributed by atoms with Crippen molar-refractivity contribution in [2.24, 2.45) is 5.92 Å². The van der Waals surface area contributed by atoms with Crippen molar-refractivity contribution in [3.63, 3.8) is 0 Å². The number of benzene rings is 1. The fourth-order valence-corrected chi connectivity index (χ4v) is 2.81. The standard InChI is InChI=1S/C17H26O2/c1-3-13(2)14-7-9-16(10-8-14)19-12-11-15-5-4-6-17(15)18/h7-10,13,15,17-18H,3-6,11-12H2,1-2H3. The van der Waals surface area contributed by atoms with Crippen molar-refractivity contribution < 1.29 is 9.84 Å². The summed E-state index contributed by atoms with van der Waals surface area (Å²) in [7, 11) is 0. The first-order valence-corrected chi connectivity index (χ1v) is 7.61. The van der Waals surface area contributed by atoms with Gasteiger partial charge >= 0.3 is 0 Å². The molecule has 0 heterocycles.